The number of amides is 1. The number of benzene rings is 1. The van der Waals surface area contributed by atoms with Crippen molar-refractivity contribution in [3.63, 3.8) is 0 Å². The fourth-order valence-corrected chi connectivity index (χ4v) is 11.6. The first-order valence-corrected chi connectivity index (χ1v) is 27.6. The van der Waals surface area contributed by atoms with E-state index < -0.39 is 77.8 Å². The van der Waals surface area contributed by atoms with Gasteiger partial charge in [0, 0.05) is 63.5 Å². The minimum absolute atomic E-state index is 0.0259. The lowest BCUT2D eigenvalue weighted by Gasteiger charge is -2.43. The van der Waals surface area contributed by atoms with Gasteiger partial charge in [-0.05, 0) is 126 Å². The molecular formula is C60H89NO15. The molecule has 1 saturated carbocycles. The normalized spacial score (nSPS) is 36.2. The molecule has 3 N–H and O–H groups in total. The summed E-state index contributed by atoms with van der Waals surface area (Å²) in [6.45, 7) is 13.5. The van der Waals surface area contributed by atoms with Crippen LogP contribution >= 0.6 is 0 Å². The minimum atomic E-state index is -2.51. The predicted molar refractivity (Wildman–Crippen MR) is 287 cm³/mol. The number of esters is 1. The predicted octanol–water partition coefficient (Wildman–Crippen LogP) is 7.98. The van der Waals surface area contributed by atoms with Crippen LogP contribution in [0.25, 0.3) is 0 Å². The van der Waals surface area contributed by atoms with Crippen LogP contribution < -0.4 is 9.47 Å². The lowest BCUT2D eigenvalue weighted by atomic mass is 9.78. The number of hydrogen-bond acceptors (Lipinski definition) is 15. The Morgan fingerprint density at radius 1 is 0.842 bits per heavy atom. The van der Waals surface area contributed by atoms with Gasteiger partial charge in [0.05, 0.1) is 32.0 Å². The van der Waals surface area contributed by atoms with Crippen molar-refractivity contribution >= 4 is 29.2 Å². The van der Waals surface area contributed by atoms with Gasteiger partial charge >= 0.3 is 5.97 Å². The van der Waals surface area contributed by atoms with Crippen molar-refractivity contribution in [2.45, 2.75) is 180 Å². The number of carbonyl (C=O) groups is 5. The molecule has 0 unspecified atom stereocenters. The number of aliphatic hydroxyl groups excluding tert-OH is 2. The number of aliphatic hydroxyl groups is 3. The van der Waals surface area contributed by atoms with Gasteiger partial charge in [-0.15, -0.1) is 0 Å². The van der Waals surface area contributed by atoms with Gasteiger partial charge in [0.25, 0.3) is 11.7 Å². The van der Waals surface area contributed by atoms with Crippen LogP contribution in [0.3, 0.4) is 0 Å². The molecule has 1 amide bonds. The Morgan fingerprint density at radius 3 is 2.29 bits per heavy atom. The third-order valence-corrected chi connectivity index (χ3v) is 16.4. The zero-order valence-electron chi connectivity index (χ0n) is 47.1. The van der Waals surface area contributed by atoms with E-state index in [4.69, 9.17) is 33.2 Å². The smallest absolute Gasteiger partial charge is 0.329 e. The van der Waals surface area contributed by atoms with E-state index in [0.29, 0.717) is 94.5 Å². The van der Waals surface area contributed by atoms with Gasteiger partial charge < -0.3 is 53.4 Å². The summed E-state index contributed by atoms with van der Waals surface area (Å²) in [7, 11) is 6.12. The lowest BCUT2D eigenvalue weighted by Crippen LogP contribution is -2.60. The number of rotatable bonds is 11. The maximum absolute atomic E-state index is 14.6. The Bertz CT molecular complexity index is 2240. The molecule has 4 aliphatic rings. The van der Waals surface area contributed by atoms with Crippen molar-refractivity contribution in [3.8, 4) is 11.5 Å². The van der Waals surface area contributed by atoms with Gasteiger partial charge in [0.1, 0.15) is 48.2 Å². The van der Waals surface area contributed by atoms with Crippen molar-refractivity contribution in [1.82, 2.24) is 4.90 Å². The number of fused-ring (bicyclic) bond motifs is 3. The molecule has 16 heteroatoms. The van der Waals surface area contributed by atoms with Crippen LogP contribution in [0.5, 0.6) is 11.5 Å². The molecular weight excluding hydrogens is 975 g/mol. The van der Waals surface area contributed by atoms with Crippen molar-refractivity contribution < 1.29 is 72.5 Å². The molecule has 15 atom stereocenters. The van der Waals surface area contributed by atoms with Gasteiger partial charge in [-0.2, -0.15) is 0 Å². The van der Waals surface area contributed by atoms with E-state index >= 15 is 0 Å². The molecule has 1 aliphatic carbocycles. The summed E-state index contributed by atoms with van der Waals surface area (Å²) in [6, 6.07) is 4.37. The molecule has 1 aromatic rings. The average molecular weight is 1060 g/mol. The number of allylic oxidation sites excluding steroid dienone is 7. The Hall–Kier alpha value is -4.55. The molecule has 2 bridgehead atoms. The summed E-state index contributed by atoms with van der Waals surface area (Å²) >= 11 is 0. The number of ether oxygens (including phenoxy) is 7. The second kappa shape index (κ2) is 29.4. The Labute approximate surface area is 451 Å². The number of cyclic esters (lactones) is 1. The zero-order valence-corrected chi connectivity index (χ0v) is 47.1. The summed E-state index contributed by atoms with van der Waals surface area (Å²) < 4.78 is 41.1. The van der Waals surface area contributed by atoms with Crippen LogP contribution in [0.1, 0.15) is 137 Å². The SMILES string of the molecule is COCCOc1ccc(OC)c([C@H]2C[C@@H]3CC[C@@H](C)[C@@](O)(O3)C(=O)C(=O)N3CCCC[C@H]3C(=O)O[C@H]([C@H](C)C[C@@H]3CC[C@@H](O)[C@H](OC)C3)CC(=O)[C@H](C)/C=C(\C)[C@@H](O)[C@@H](OC)C(=O)[C@H](C)C[C@H](C)/C=C/C=C/C=C/2C)c1. The fourth-order valence-electron chi connectivity index (χ4n) is 11.6. The van der Waals surface area contributed by atoms with E-state index in [1.807, 2.05) is 76.3 Å². The van der Waals surface area contributed by atoms with Crippen LogP contribution in [-0.4, -0.2) is 146 Å². The zero-order chi connectivity index (χ0) is 55.9. The van der Waals surface area contributed by atoms with Crippen molar-refractivity contribution in [2.24, 2.45) is 35.5 Å². The van der Waals surface area contributed by atoms with E-state index in [2.05, 4.69) is 0 Å². The standard InChI is InChI=1S/C60H89NO15/c1-36-17-13-12-14-18-37(2)46(47-33-44(74-28-27-70-8)23-25-51(47)71-9)34-45-22-20-42(7)60(69,76-45)57(66)58(67)61-26-16-15-19-48(61)59(68)75-52(39(4)31-43-21-24-49(62)53(32-43)72-10)35-50(63)38(3)30-41(6)55(65)56(73-11)54(64)40(5)29-36/h12-14,17-18,23,25,30,33,36,38-40,42-43,45-46,48-49,52-53,55-56,62,65,69H,15-16,19-22,24,26-29,31-32,34-35H2,1-11H3/b14-12+,17-13+,37-18+,41-30+/t36-,38-,39-,40-,42-,43+,45+,46+,48+,49-,52+,53-,55-,56+,60-/m1/s1. The third-order valence-electron chi connectivity index (χ3n) is 16.4. The molecule has 5 rings (SSSR count). The van der Waals surface area contributed by atoms with Crippen LogP contribution in [0, 0.1) is 35.5 Å². The van der Waals surface area contributed by atoms with Gasteiger partial charge in [0.2, 0.25) is 5.79 Å². The second-order valence-corrected chi connectivity index (χ2v) is 22.2. The highest BCUT2D eigenvalue weighted by atomic mass is 16.6. The summed E-state index contributed by atoms with van der Waals surface area (Å²) in [5, 5.41) is 34.5. The van der Waals surface area contributed by atoms with Crippen LogP contribution in [0.15, 0.2) is 65.8 Å². The first kappa shape index (κ1) is 62.3. The van der Waals surface area contributed by atoms with Crippen molar-refractivity contribution in [3.05, 3.63) is 71.4 Å². The van der Waals surface area contributed by atoms with Gasteiger partial charge in [-0.3, -0.25) is 19.2 Å². The van der Waals surface area contributed by atoms with E-state index in [-0.39, 0.29) is 60.7 Å². The van der Waals surface area contributed by atoms with Crippen LogP contribution in [-0.2, 0) is 47.7 Å². The Balaban J connectivity index is 1.55. The summed E-state index contributed by atoms with van der Waals surface area (Å²) in [5.74, 6) is -7.54. The number of methoxy groups -OCH3 is 4. The maximum Gasteiger partial charge on any atom is 0.329 e. The molecule has 0 spiro atoms. The Kier molecular flexibility index (Phi) is 24.1. The lowest BCUT2D eigenvalue weighted by molar-refractivity contribution is -0.264. The molecule has 76 heavy (non-hydrogen) atoms. The average Bonchev–Trinajstić information content (AvgIpc) is 3.40. The summed E-state index contributed by atoms with van der Waals surface area (Å²) in [4.78, 5) is 73.2. The topological polar surface area (TPSA) is 214 Å². The largest absolute Gasteiger partial charge is 0.496 e. The van der Waals surface area contributed by atoms with Crippen LogP contribution in [0.4, 0.5) is 0 Å². The van der Waals surface area contributed by atoms with Gasteiger partial charge in [0.15, 0.2) is 5.78 Å². The minimum Gasteiger partial charge on any atom is -0.496 e. The molecule has 0 radical (unpaired) electrons. The molecule has 16 nitrogen and oxygen atoms in total. The highest BCUT2D eigenvalue weighted by Gasteiger charge is 2.53. The molecule has 1 aromatic carbocycles. The first-order valence-electron chi connectivity index (χ1n) is 27.6. The molecule has 3 heterocycles. The maximum atomic E-state index is 14.6. The van der Waals surface area contributed by atoms with Gasteiger partial charge in [-0.25, -0.2) is 4.79 Å². The monoisotopic (exact) mass is 1060 g/mol. The molecule has 424 valence electrons. The Morgan fingerprint density at radius 2 is 1.59 bits per heavy atom. The number of hydrogen-bond donors (Lipinski definition) is 3. The first-order chi connectivity index (χ1) is 36.2. The number of Topliss-reactive ketones (excluding diaryl/α,β-unsaturated/α-hetero) is 3. The molecule has 0 aromatic heterocycles. The summed E-state index contributed by atoms with van der Waals surface area (Å²) in [5.41, 5.74) is 2.07. The fraction of sp³-hybridized carbons (Fsp3) is 0.683. The highest BCUT2D eigenvalue weighted by molar-refractivity contribution is 6.39. The third kappa shape index (κ3) is 16.3. The number of carbonyl (C=O) groups excluding carboxylic acids is 5. The second-order valence-electron chi connectivity index (χ2n) is 22.2. The van der Waals surface area contributed by atoms with E-state index in [9.17, 15) is 39.3 Å². The van der Waals surface area contributed by atoms with E-state index in [0.717, 1.165) is 11.1 Å². The number of ketones is 3. The summed E-state index contributed by atoms with van der Waals surface area (Å²) in [6.07, 6.45) is 11.2. The van der Waals surface area contributed by atoms with E-state index in [1.165, 1.54) is 12.0 Å². The van der Waals surface area contributed by atoms with Crippen molar-refractivity contribution in [2.75, 3.05) is 48.2 Å². The number of piperidine rings is 1. The molecule has 3 fully saturated rings. The highest BCUT2D eigenvalue weighted by Crippen LogP contribution is 2.43. The van der Waals surface area contributed by atoms with Crippen LogP contribution in [0.2, 0.25) is 0 Å². The number of nitrogens with zero attached hydrogens (tertiary/aromatic N) is 1. The molecule has 3 aliphatic heterocycles. The quantitative estimate of drug-likeness (QED) is 0.0829. The van der Waals surface area contributed by atoms with Crippen molar-refractivity contribution in [1.29, 1.82) is 0 Å². The van der Waals surface area contributed by atoms with E-state index in [1.54, 1.807) is 48.2 Å². The van der Waals surface area contributed by atoms with Gasteiger partial charge in [-0.1, -0.05) is 76.6 Å². The molecule has 2 saturated heterocycles.